The highest BCUT2D eigenvalue weighted by atomic mass is 35.5. The predicted octanol–water partition coefficient (Wildman–Crippen LogP) is 3.76. The molecular formula is C15H23Cl2NO2. The van der Waals surface area contributed by atoms with Gasteiger partial charge in [0.15, 0.2) is 0 Å². The van der Waals surface area contributed by atoms with Crippen LogP contribution in [0, 0.1) is 5.41 Å². The van der Waals surface area contributed by atoms with Gasteiger partial charge in [0, 0.05) is 17.6 Å². The third-order valence-electron chi connectivity index (χ3n) is 3.28. The summed E-state index contributed by atoms with van der Waals surface area (Å²) in [4.78, 5) is 0. The van der Waals surface area contributed by atoms with Crippen molar-refractivity contribution >= 4 is 23.2 Å². The maximum absolute atomic E-state index is 9.91. The van der Waals surface area contributed by atoms with E-state index in [0.717, 1.165) is 0 Å². The Morgan fingerprint density at radius 3 is 2.50 bits per heavy atom. The summed E-state index contributed by atoms with van der Waals surface area (Å²) in [5, 5.41) is 14.2. The Kier molecular flexibility index (Phi) is 6.59. The van der Waals surface area contributed by atoms with E-state index in [1.54, 1.807) is 18.2 Å². The molecule has 1 rings (SSSR count). The Labute approximate surface area is 131 Å². The monoisotopic (exact) mass is 319 g/mol. The van der Waals surface area contributed by atoms with Gasteiger partial charge in [-0.3, -0.25) is 0 Å². The second kappa shape index (κ2) is 7.51. The summed E-state index contributed by atoms with van der Waals surface area (Å²) in [6, 6.07) is 5.32. The molecule has 0 aliphatic rings. The molecule has 114 valence electrons. The van der Waals surface area contributed by atoms with Gasteiger partial charge in [-0.25, -0.2) is 0 Å². The summed E-state index contributed by atoms with van der Waals surface area (Å²) >= 11 is 11.8. The Balaban J connectivity index is 2.38. The zero-order chi connectivity index (χ0) is 15.3. The van der Waals surface area contributed by atoms with Gasteiger partial charge in [0.1, 0.15) is 18.5 Å². The molecule has 2 atom stereocenters. The first-order chi connectivity index (χ1) is 9.20. The zero-order valence-electron chi connectivity index (χ0n) is 12.4. The molecule has 0 aliphatic carbocycles. The fourth-order valence-corrected chi connectivity index (χ4v) is 1.92. The molecule has 0 fully saturated rings. The first-order valence-electron chi connectivity index (χ1n) is 6.69. The van der Waals surface area contributed by atoms with Crippen LogP contribution in [0.1, 0.15) is 27.7 Å². The van der Waals surface area contributed by atoms with E-state index in [4.69, 9.17) is 27.9 Å². The Morgan fingerprint density at radius 2 is 1.95 bits per heavy atom. The van der Waals surface area contributed by atoms with Crippen LogP contribution in [-0.4, -0.2) is 30.4 Å². The summed E-state index contributed by atoms with van der Waals surface area (Å²) in [5.74, 6) is 0.527. The van der Waals surface area contributed by atoms with Crippen molar-refractivity contribution in [2.45, 2.75) is 39.8 Å². The average molecular weight is 320 g/mol. The number of halogens is 2. The minimum absolute atomic E-state index is 0.153. The maximum Gasteiger partial charge on any atom is 0.138 e. The van der Waals surface area contributed by atoms with Crippen molar-refractivity contribution in [3.63, 3.8) is 0 Å². The molecule has 0 radical (unpaired) electrons. The van der Waals surface area contributed by atoms with E-state index in [9.17, 15) is 5.11 Å². The first kappa shape index (κ1) is 17.6. The van der Waals surface area contributed by atoms with Crippen molar-refractivity contribution < 1.29 is 9.84 Å². The SMILES string of the molecule is CC(NCC(O)COc1ccc(Cl)cc1Cl)C(C)(C)C. The molecule has 2 N–H and O–H groups in total. The lowest BCUT2D eigenvalue weighted by molar-refractivity contribution is 0.0986. The molecule has 1 aromatic rings. The lowest BCUT2D eigenvalue weighted by Crippen LogP contribution is -2.42. The highest BCUT2D eigenvalue weighted by molar-refractivity contribution is 6.35. The molecule has 0 saturated carbocycles. The van der Waals surface area contributed by atoms with E-state index < -0.39 is 6.10 Å². The number of aliphatic hydroxyl groups excluding tert-OH is 1. The van der Waals surface area contributed by atoms with Gasteiger partial charge in [0.05, 0.1) is 5.02 Å². The van der Waals surface area contributed by atoms with Crippen LogP contribution in [0.4, 0.5) is 0 Å². The van der Waals surface area contributed by atoms with Crippen molar-refractivity contribution in [3.8, 4) is 5.75 Å². The summed E-state index contributed by atoms with van der Waals surface area (Å²) < 4.78 is 5.49. The number of hydrogen-bond donors (Lipinski definition) is 2. The van der Waals surface area contributed by atoms with Gasteiger partial charge in [0.2, 0.25) is 0 Å². The third-order valence-corrected chi connectivity index (χ3v) is 3.81. The summed E-state index contributed by atoms with van der Waals surface area (Å²) in [5.41, 5.74) is 0.153. The smallest absolute Gasteiger partial charge is 0.138 e. The van der Waals surface area contributed by atoms with E-state index in [0.29, 0.717) is 28.4 Å². The molecule has 0 aromatic heterocycles. The minimum atomic E-state index is -0.591. The van der Waals surface area contributed by atoms with E-state index in [1.807, 2.05) is 0 Å². The van der Waals surface area contributed by atoms with Gasteiger partial charge in [-0.15, -0.1) is 0 Å². The Bertz CT molecular complexity index is 432. The molecule has 0 spiro atoms. The van der Waals surface area contributed by atoms with Crippen LogP contribution in [0.5, 0.6) is 5.75 Å². The summed E-state index contributed by atoms with van der Waals surface area (Å²) in [6.45, 7) is 9.22. The number of benzene rings is 1. The molecule has 0 amide bonds. The second-order valence-electron chi connectivity index (χ2n) is 6.04. The fraction of sp³-hybridized carbons (Fsp3) is 0.600. The van der Waals surface area contributed by atoms with Crippen molar-refractivity contribution in [2.24, 2.45) is 5.41 Å². The second-order valence-corrected chi connectivity index (χ2v) is 6.88. The molecule has 0 heterocycles. The highest BCUT2D eigenvalue weighted by Crippen LogP contribution is 2.27. The molecule has 1 aromatic carbocycles. The molecule has 5 heteroatoms. The third kappa shape index (κ3) is 5.88. The van der Waals surface area contributed by atoms with Crippen LogP contribution in [0.2, 0.25) is 10.0 Å². The molecule has 0 aliphatic heterocycles. The molecule has 0 saturated heterocycles. The normalized spacial score (nSPS) is 14.9. The molecule has 3 nitrogen and oxygen atoms in total. The number of rotatable bonds is 6. The van der Waals surface area contributed by atoms with Gasteiger partial charge in [-0.1, -0.05) is 44.0 Å². The molecular weight excluding hydrogens is 297 g/mol. The quantitative estimate of drug-likeness (QED) is 0.838. The standard InChI is InChI=1S/C15H23Cl2NO2/c1-10(15(2,3)4)18-8-12(19)9-20-14-6-5-11(16)7-13(14)17/h5-7,10,12,18-19H,8-9H2,1-4H3. The number of nitrogens with one attached hydrogen (secondary N) is 1. The lowest BCUT2D eigenvalue weighted by Gasteiger charge is -2.29. The molecule has 0 bridgehead atoms. The number of hydrogen-bond acceptors (Lipinski definition) is 3. The zero-order valence-corrected chi connectivity index (χ0v) is 13.9. The summed E-state index contributed by atoms with van der Waals surface area (Å²) in [6.07, 6.45) is -0.591. The molecule has 2 unspecified atom stereocenters. The highest BCUT2D eigenvalue weighted by Gasteiger charge is 2.20. The van der Waals surface area contributed by atoms with Crippen LogP contribution >= 0.6 is 23.2 Å². The van der Waals surface area contributed by atoms with E-state index >= 15 is 0 Å². The number of ether oxygens (including phenoxy) is 1. The van der Waals surface area contributed by atoms with Gasteiger partial charge >= 0.3 is 0 Å². The van der Waals surface area contributed by atoms with Crippen molar-refractivity contribution in [2.75, 3.05) is 13.2 Å². The van der Waals surface area contributed by atoms with Crippen molar-refractivity contribution in [1.29, 1.82) is 0 Å². The van der Waals surface area contributed by atoms with Crippen LogP contribution < -0.4 is 10.1 Å². The predicted molar refractivity (Wildman–Crippen MR) is 84.9 cm³/mol. The maximum atomic E-state index is 9.91. The number of aliphatic hydroxyl groups is 1. The van der Waals surface area contributed by atoms with Crippen molar-refractivity contribution in [3.05, 3.63) is 28.2 Å². The van der Waals surface area contributed by atoms with Gasteiger partial charge in [-0.05, 0) is 30.5 Å². The Morgan fingerprint density at radius 1 is 1.30 bits per heavy atom. The minimum Gasteiger partial charge on any atom is -0.489 e. The van der Waals surface area contributed by atoms with Crippen LogP contribution in [0.3, 0.4) is 0 Å². The van der Waals surface area contributed by atoms with Gasteiger partial charge in [0.25, 0.3) is 0 Å². The van der Waals surface area contributed by atoms with Crippen molar-refractivity contribution in [1.82, 2.24) is 5.32 Å². The fourth-order valence-electron chi connectivity index (χ4n) is 1.46. The van der Waals surface area contributed by atoms with Crippen LogP contribution in [0.15, 0.2) is 18.2 Å². The van der Waals surface area contributed by atoms with Crippen LogP contribution in [0.25, 0.3) is 0 Å². The van der Waals surface area contributed by atoms with E-state index in [1.165, 1.54) is 0 Å². The first-order valence-corrected chi connectivity index (χ1v) is 7.45. The molecule has 20 heavy (non-hydrogen) atoms. The summed E-state index contributed by atoms with van der Waals surface area (Å²) in [7, 11) is 0. The van der Waals surface area contributed by atoms with Gasteiger partial charge in [-0.2, -0.15) is 0 Å². The average Bonchev–Trinajstić information content (AvgIpc) is 2.33. The largest absolute Gasteiger partial charge is 0.489 e. The van der Waals surface area contributed by atoms with E-state index in [-0.39, 0.29) is 12.0 Å². The lowest BCUT2D eigenvalue weighted by atomic mass is 9.88. The van der Waals surface area contributed by atoms with Gasteiger partial charge < -0.3 is 15.2 Å². The van der Waals surface area contributed by atoms with E-state index in [2.05, 4.69) is 33.0 Å². The van der Waals surface area contributed by atoms with Crippen LogP contribution in [-0.2, 0) is 0 Å². The Hall–Kier alpha value is -0.480. The topological polar surface area (TPSA) is 41.5 Å².